The number of aromatic nitrogens is 1. The lowest BCUT2D eigenvalue weighted by Crippen LogP contribution is -2.29. The zero-order valence-electron chi connectivity index (χ0n) is 16.1. The summed E-state index contributed by atoms with van der Waals surface area (Å²) in [6, 6.07) is 14.2. The zero-order valence-corrected chi connectivity index (χ0v) is 16.1. The Morgan fingerprint density at radius 2 is 1.79 bits per heavy atom. The fourth-order valence-electron chi connectivity index (χ4n) is 3.18. The first-order valence-corrected chi connectivity index (χ1v) is 9.09. The van der Waals surface area contributed by atoms with Gasteiger partial charge < -0.3 is 15.2 Å². The predicted molar refractivity (Wildman–Crippen MR) is 109 cm³/mol. The summed E-state index contributed by atoms with van der Waals surface area (Å²) in [4.78, 5) is 22.8. The van der Waals surface area contributed by atoms with E-state index in [2.05, 4.69) is 10.6 Å². The molecule has 0 saturated heterocycles. The van der Waals surface area contributed by atoms with E-state index >= 15 is 0 Å². The van der Waals surface area contributed by atoms with Crippen LogP contribution in [0.5, 0.6) is 0 Å². The van der Waals surface area contributed by atoms with Gasteiger partial charge in [-0.25, -0.2) is 4.39 Å². The van der Waals surface area contributed by atoms with Gasteiger partial charge in [0.05, 0.1) is 16.2 Å². The molecular weight excluding hydrogens is 375 g/mol. The van der Waals surface area contributed by atoms with Crippen molar-refractivity contribution in [3.63, 3.8) is 0 Å². The number of non-ortho nitro benzene ring substituents is 1. The molecule has 0 atom stereocenters. The second kappa shape index (κ2) is 8.55. The van der Waals surface area contributed by atoms with Gasteiger partial charge in [-0.1, -0.05) is 12.1 Å². The number of benzene rings is 2. The van der Waals surface area contributed by atoms with Crippen molar-refractivity contribution in [2.45, 2.75) is 13.8 Å². The van der Waals surface area contributed by atoms with Crippen LogP contribution in [-0.2, 0) is 0 Å². The number of nitrogens with zero attached hydrogens (tertiary/aromatic N) is 2. The third-order valence-corrected chi connectivity index (χ3v) is 4.59. The van der Waals surface area contributed by atoms with Crippen LogP contribution in [0.4, 0.5) is 15.8 Å². The number of para-hydroxylation sites is 1. The molecule has 29 heavy (non-hydrogen) atoms. The number of nitro groups is 1. The monoisotopic (exact) mass is 396 g/mol. The second-order valence-electron chi connectivity index (χ2n) is 6.56. The molecule has 1 heterocycles. The number of halogens is 1. The number of anilines is 1. The van der Waals surface area contributed by atoms with Gasteiger partial charge >= 0.3 is 0 Å². The molecule has 2 N–H and O–H groups in total. The molecule has 0 fully saturated rings. The SMILES string of the molecule is Cc1cc(C(=O)NCCNc2ccc([N+](=O)[O-])cc2)c(C)n1-c1ccccc1F. The van der Waals surface area contributed by atoms with Gasteiger partial charge in [-0.05, 0) is 44.2 Å². The Hall–Kier alpha value is -3.68. The van der Waals surface area contributed by atoms with E-state index in [9.17, 15) is 19.3 Å². The summed E-state index contributed by atoms with van der Waals surface area (Å²) in [6.07, 6.45) is 0. The molecule has 3 rings (SSSR count). The van der Waals surface area contributed by atoms with Gasteiger partial charge in [-0.3, -0.25) is 14.9 Å². The summed E-state index contributed by atoms with van der Waals surface area (Å²) in [5.74, 6) is -0.597. The highest BCUT2D eigenvalue weighted by Gasteiger charge is 2.17. The zero-order chi connectivity index (χ0) is 21.0. The molecule has 0 aliphatic rings. The van der Waals surface area contributed by atoms with Crippen LogP contribution in [0.15, 0.2) is 54.6 Å². The molecule has 1 aromatic heterocycles. The maximum Gasteiger partial charge on any atom is 0.269 e. The van der Waals surface area contributed by atoms with Crippen LogP contribution in [0.3, 0.4) is 0 Å². The van der Waals surface area contributed by atoms with Crippen LogP contribution >= 0.6 is 0 Å². The first kappa shape index (κ1) is 20.1. The minimum Gasteiger partial charge on any atom is -0.383 e. The van der Waals surface area contributed by atoms with E-state index in [0.717, 1.165) is 11.4 Å². The van der Waals surface area contributed by atoms with Gasteiger partial charge in [-0.15, -0.1) is 0 Å². The lowest BCUT2D eigenvalue weighted by Gasteiger charge is -2.11. The maximum atomic E-state index is 14.2. The van der Waals surface area contributed by atoms with E-state index in [1.165, 1.54) is 18.2 Å². The number of nitro benzene ring substituents is 1. The Kier molecular flexibility index (Phi) is 5.92. The highest BCUT2D eigenvalue weighted by Crippen LogP contribution is 2.22. The Bertz CT molecular complexity index is 1040. The molecule has 2 aromatic carbocycles. The summed E-state index contributed by atoms with van der Waals surface area (Å²) in [6.45, 7) is 4.42. The largest absolute Gasteiger partial charge is 0.383 e. The molecule has 0 spiro atoms. The van der Waals surface area contributed by atoms with Crippen molar-refractivity contribution in [2.24, 2.45) is 0 Å². The fourth-order valence-corrected chi connectivity index (χ4v) is 3.18. The Labute approximate surface area is 167 Å². The number of carbonyl (C=O) groups is 1. The number of aryl methyl sites for hydroxylation is 1. The molecule has 0 aliphatic carbocycles. The van der Waals surface area contributed by atoms with Crippen molar-refractivity contribution in [3.05, 3.63) is 87.5 Å². The molecular formula is C21H21FN4O3. The van der Waals surface area contributed by atoms with Gasteiger partial charge in [0.2, 0.25) is 0 Å². The van der Waals surface area contributed by atoms with Crippen LogP contribution in [0.25, 0.3) is 5.69 Å². The van der Waals surface area contributed by atoms with E-state index < -0.39 is 4.92 Å². The highest BCUT2D eigenvalue weighted by atomic mass is 19.1. The second-order valence-corrected chi connectivity index (χ2v) is 6.56. The van der Waals surface area contributed by atoms with Gasteiger partial charge in [-0.2, -0.15) is 0 Å². The van der Waals surface area contributed by atoms with Crippen LogP contribution in [0, 0.1) is 29.8 Å². The topological polar surface area (TPSA) is 89.2 Å². The van der Waals surface area contributed by atoms with Gasteiger partial charge in [0.25, 0.3) is 11.6 Å². The molecule has 3 aromatic rings. The third kappa shape index (κ3) is 4.43. The molecule has 8 heteroatoms. The van der Waals surface area contributed by atoms with Gasteiger partial charge in [0.1, 0.15) is 5.82 Å². The van der Waals surface area contributed by atoms with Crippen LogP contribution in [0.1, 0.15) is 21.7 Å². The first-order chi connectivity index (χ1) is 13.9. The molecule has 0 unspecified atom stereocenters. The van der Waals surface area contributed by atoms with Crippen molar-refractivity contribution in [1.82, 2.24) is 9.88 Å². The number of amides is 1. The smallest absolute Gasteiger partial charge is 0.269 e. The van der Waals surface area contributed by atoms with E-state index in [-0.39, 0.29) is 17.4 Å². The van der Waals surface area contributed by atoms with Crippen molar-refractivity contribution in [3.8, 4) is 5.69 Å². The van der Waals surface area contributed by atoms with Gasteiger partial charge in [0.15, 0.2) is 0 Å². The van der Waals surface area contributed by atoms with E-state index in [0.29, 0.717) is 30.0 Å². The summed E-state index contributed by atoms with van der Waals surface area (Å²) < 4.78 is 15.9. The van der Waals surface area contributed by atoms with E-state index in [4.69, 9.17) is 0 Å². The first-order valence-electron chi connectivity index (χ1n) is 9.09. The minimum absolute atomic E-state index is 0.0223. The molecule has 0 saturated carbocycles. The summed E-state index contributed by atoms with van der Waals surface area (Å²) in [7, 11) is 0. The fraction of sp³-hybridized carbons (Fsp3) is 0.190. The average Bonchev–Trinajstić information content (AvgIpc) is 3.00. The quantitative estimate of drug-likeness (QED) is 0.359. The maximum absolute atomic E-state index is 14.2. The number of hydrogen-bond acceptors (Lipinski definition) is 4. The Morgan fingerprint density at radius 1 is 1.10 bits per heavy atom. The van der Waals surface area contributed by atoms with Crippen molar-refractivity contribution < 1.29 is 14.1 Å². The molecule has 1 amide bonds. The standard InChI is InChI=1S/C21H21FN4O3/c1-14-13-18(15(2)25(14)20-6-4-3-5-19(20)22)21(27)24-12-11-23-16-7-9-17(10-8-16)26(28)29/h3-10,13,23H,11-12H2,1-2H3,(H,24,27). The normalized spacial score (nSPS) is 10.6. The van der Waals surface area contributed by atoms with Crippen molar-refractivity contribution in [2.75, 3.05) is 18.4 Å². The average molecular weight is 396 g/mol. The van der Waals surface area contributed by atoms with Gasteiger partial charge in [0, 0.05) is 42.3 Å². The molecule has 0 aliphatic heterocycles. The number of rotatable bonds is 7. The number of hydrogen-bond donors (Lipinski definition) is 2. The lowest BCUT2D eigenvalue weighted by molar-refractivity contribution is -0.384. The van der Waals surface area contributed by atoms with Crippen LogP contribution in [-0.4, -0.2) is 28.5 Å². The van der Waals surface area contributed by atoms with Crippen LogP contribution < -0.4 is 10.6 Å². The van der Waals surface area contributed by atoms with E-state index in [1.807, 2.05) is 6.92 Å². The lowest BCUT2D eigenvalue weighted by atomic mass is 10.2. The summed E-state index contributed by atoms with van der Waals surface area (Å²) in [5, 5.41) is 16.6. The number of nitrogens with one attached hydrogen (secondary N) is 2. The molecule has 0 bridgehead atoms. The molecule has 7 nitrogen and oxygen atoms in total. The molecule has 0 radical (unpaired) electrons. The number of carbonyl (C=O) groups excluding carboxylic acids is 1. The molecule has 150 valence electrons. The predicted octanol–water partition coefficient (Wildman–Crippen LogP) is 3.98. The van der Waals surface area contributed by atoms with Crippen molar-refractivity contribution >= 4 is 17.3 Å². The van der Waals surface area contributed by atoms with E-state index in [1.54, 1.807) is 47.9 Å². The Balaban J connectivity index is 1.61. The van der Waals surface area contributed by atoms with Crippen molar-refractivity contribution in [1.29, 1.82) is 0 Å². The Morgan fingerprint density at radius 3 is 2.45 bits per heavy atom. The highest BCUT2D eigenvalue weighted by molar-refractivity contribution is 5.96. The summed E-state index contributed by atoms with van der Waals surface area (Å²) in [5.41, 5.74) is 3.06. The minimum atomic E-state index is -0.457. The van der Waals surface area contributed by atoms with Crippen LogP contribution in [0.2, 0.25) is 0 Å². The summed E-state index contributed by atoms with van der Waals surface area (Å²) >= 11 is 0. The third-order valence-electron chi connectivity index (χ3n) is 4.59.